The van der Waals surface area contributed by atoms with Gasteiger partial charge in [0.1, 0.15) is 10.5 Å². The molecule has 0 aromatic heterocycles. The molecule has 0 aliphatic heterocycles. The molecule has 0 saturated carbocycles. The summed E-state index contributed by atoms with van der Waals surface area (Å²) >= 11 is 4.40. The monoisotopic (exact) mass is 369 g/mol. The summed E-state index contributed by atoms with van der Waals surface area (Å²) in [6, 6.07) is 3.03. The van der Waals surface area contributed by atoms with Crippen LogP contribution in [-0.2, 0) is 16.2 Å². The van der Waals surface area contributed by atoms with Crippen LogP contribution in [0.3, 0.4) is 0 Å². The van der Waals surface area contributed by atoms with Crippen molar-refractivity contribution in [2.75, 3.05) is 0 Å². The molecular formula is C14H18ClF2NO4S. The first kappa shape index (κ1) is 20.0. The molecule has 0 spiro atoms. The highest BCUT2D eigenvalue weighted by Gasteiger charge is 2.33. The molecule has 0 aliphatic rings. The average molecular weight is 370 g/mol. The van der Waals surface area contributed by atoms with E-state index in [0.29, 0.717) is 0 Å². The summed E-state index contributed by atoms with van der Waals surface area (Å²) in [5.74, 6) is -1.45. The molecule has 1 rings (SSSR count). The van der Waals surface area contributed by atoms with Gasteiger partial charge in [-0.15, -0.1) is 4.72 Å². The van der Waals surface area contributed by atoms with Gasteiger partial charge in [0.25, 0.3) is 0 Å². The van der Waals surface area contributed by atoms with Gasteiger partial charge in [0.15, 0.2) is 0 Å². The van der Waals surface area contributed by atoms with Crippen LogP contribution < -0.4 is 9.46 Å². The second-order valence-corrected chi connectivity index (χ2v) is 8.08. The topological polar surface area (TPSA) is 81.6 Å². The van der Waals surface area contributed by atoms with Gasteiger partial charge < -0.3 is 14.4 Å². The summed E-state index contributed by atoms with van der Waals surface area (Å²) in [6.45, 7) is 1.98. The molecule has 0 amide bonds. The number of carboxylic acids is 1. The minimum Gasteiger partial charge on any atom is -0.598 e. The molecule has 0 radical (unpaired) electrons. The lowest BCUT2D eigenvalue weighted by molar-refractivity contribution is -0.137. The number of nitrogens with one attached hydrogen (secondary N) is 1. The van der Waals surface area contributed by atoms with E-state index in [-0.39, 0.29) is 16.3 Å². The number of halogens is 3. The Kier molecular flexibility index (Phi) is 7.06. The predicted octanol–water partition coefficient (Wildman–Crippen LogP) is 3.51. The Balaban J connectivity index is 3.23. The molecule has 23 heavy (non-hydrogen) atoms. The third kappa shape index (κ3) is 6.14. The van der Waals surface area contributed by atoms with Crippen molar-refractivity contribution in [2.24, 2.45) is 0 Å². The van der Waals surface area contributed by atoms with Crippen LogP contribution in [0.2, 0.25) is 5.02 Å². The van der Waals surface area contributed by atoms with Crippen molar-refractivity contribution in [2.45, 2.75) is 44.6 Å². The van der Waals surface area contributed by atoms with Gasteiger partial charge in [-0.1, -0.05) is 17.7 Å². The minimum absolute atomic E-state index is 0.0365. The van der Waals surface area contributed by atoms with Crippen LogP contribution in [-0.4, -0.2) is 27.0 Å². The van der Waals surface area contributed by atoms with Crippen LogP contribution in [0.15, 0.2) is 18.2 Å². The summed E-state index contributed by atoms with van der Waals surface area (Å²) in [7, 11) is 0. The normalized spacial score (nSPS) is 14.6. The van der Waals surface area contributed by atoms with Crippen molar-refractivity contribution >= 4 is 28.9 Å². The summed E-state index contributed by atoms with van der Waals surface area (Å²) in [5, 5.41) is 9.10. The Morgan fingerprint density at radius 1 is 1.48 bits per heavy atom. The van der Waals surface area contributed by atoms with Gasteiger partial charge in [-0.05, 0) is 32.9 Å². The molecule has 2 atom stereocenters. The summed E-state index contributed by atoms with van der Waals surface area (Å²) in [6.07, 6.45) is -0.495. The van der Waals surface area contributed by atoms with Crippen LogP contribution in [0.4, 0.5) is 8.78 Å². The van der Waals surface area contributed by atoms with E-state index in [1.54, 1.807) is 20.8 Å². The molecule has 2 N–H and O–H groups in total. The van der Waals surface area contributed by atoms with Crippen LogP contribution in [0.1, 0.15) is 38.8 Å². The van der Waals surface area contributed by atoms with Crippen LogP contribution in [0, 0.1) is 0 Å². The number of carbonyl (C=O) groups is 1. The molecule has 0 aliphatic carbocycles. The predicted molar refractivity (Wildman–Crippen MR) is 84.1 cm³/mol. The largest absolute Gasteiger partial charge is 0.598 e. The van der Waals surface area contributed by atoms with E-state index in [2.05, 4.69) is 9.46 Å². The Morgan fingerprint density at radius 3 is 2.57 bits per heavy atom. The zero-order valence-corrected chi connectivity index (χ0v) is 14.4. The number of aliphatic carboxylic acids is 1. The van der Waals surface area contributed by atoms with Gasteiger partial charge in [0, 0.05) is 21.9 Å². The number of hydrogen-bond acceptors (Lipinski definition) is 4. The van der Waals surface area contributed by atoms with Crippen LogP contribution in [0.5, 0.6) is 5.75 Å². The molecule has 1 aromatic carbocycles. The number of benzene rings is 1. The Morgan fingerprint density at radius 2 is 2.09 bits per heavy atom. The molecule has 0 heterocycles. The van der Waals surface area contributed by atoms with E-state index in [0.717, 1.165) is 0 Å². The summed E-state index contributed by atoms with van der Waals surface area (Å²) in [5.41, 5.74) is 0.0365. The van der Waals surface area contributed by atoms with Crippen molar-refractivity contribution in [3.05, 3.63) is 28.8 Å². The molecule has 0 saturated heterocycles. The maximum absolute atomic E-state index is 12.5. The Hall–Kier alpha value is -1.09. The van der Waals surface area contributed by atoms with Crippen LogP contribution in [0.25, 0.3) is 0 Å². The summed E-state index contributed by atoms with van der Waals surface area (Å²) < 4.78 is 43.7. The van der Waals surface area contributed by atoms with Gasteiger partial charge in [0.2, 0.25) is 0 Å². The smallest absolute Gasteiger partial charge is 0.387 e. The highest BCUT2D eigenvalue weighted by Crippen LogP contribution is 2.36. The van der Waals surface area contributed by atoms with E-state index in [9.17, 15) is 18.1 Å². The van der Waals surface area contributed by atoms with Gasteiger partial charge in [-0.3, -0.25) is 4.79 Å². The molecule has 2 unspecified atom stereocenters. The van der Waals surface area contributed by atoms with E-state index in [1.165, 1.54) is 18.2 Å². The maximum Gasteiger partial charge on any atom is 0.387 e. The first-order valence-corrected chi connectivity index (χ1v) is 8.18. The third-order valence-corrected chi connectivity index (χ3v) is 4.70. The molecule has 5 nitrogen and oxygen atoms in total. The lowest BCUT2D eigenvalue weighted by Crippen LogP contribution is -2.42. The molecule has 1 aromatic rings. The fraction of sp³-hybridized carbons (Fsp3) is 0.500. The number of hydrogen-bond donors (Lipinski definition) is 2. The zero-order valence-electron chi connectivity index (χ0n) is 12.8. The van der Waals surface area contributed by atoms with E-state index >= 15 is 0 Å². The highest BCUT2D eigenvalue weighted by molar-refractivity contribution is 7.90. The van der Waals surface area contributed by atoms with Crippen molar-refractivity contribution in [3.8, 4) is 5.75 Å². The molecule has 9 heteroatoms. The average Bonchev–Trinajstić information content (AvgIpc) is 2.35. The van der Waals surface area contributed by atoms with Gasteiger partial charge in [-0.2, -0.15) is 8.78 Å². The molecule has 130 valence electrons. The van der Waals surface area contributed by atoms with Gasteiger partial charge in [0.05, 0.1) is 12.5 Å². The molecule has 0 fully saturated rings. The highest BCUT2D eigenvalue weighted by atomic mass is 35.5. The van der Waals surface area contributed by atoms with Crippen molar-refractivity contribution in [1.82, 2.24) is 4.72 Å². The molecule has 0 bridgehead atoms. The fourth-order valence-corrected chi connectivity index (χ4v) is 2.85. The lowest BCUT2D eigenvalue weighted by Gasteiger charge is -2.28. The maximum atomic E-state index is 12.5. The van der Waals surface area contributed by atoms with E-state index in [4.69, 9.17) is 16.7 Å². The van der Waals surface area contributed by atoms with Crippen LogP contribution >= 0.6 is 11.6 Å². The van der Waals surface area contributed by atoms with Crippen molar-refractivity contribution in [3.63, 3.8) is 0 Å². The van der Waals surface area contributed by atoms with Crippen molar-refractivity contribution in [1.29, 1.82) is 0 Å². The second kappa shape index (κ2) is 8.14. The minimum atomic E-state index is -3.09. The van der Waals surface area contributed by atoms with Crippen molar-refractivity contribution < 1.29 is 28.0 Å². The third-order valence-electron chi connectivity index (χ3n) is 2.76. The number of ether oxygens (including phenoxy) is 1. The van der Waals surface area contributed by atoms with Gasteiger partial charge in [-0.25, -0.2) is 0 Å². The van der Waals surface area contributed by atoms with E-state index < -0.39 is 41.2 Å². The number of rotatable bonds is 7. The quantitative estimate of drug-likeness (QED) is 0.719. The lowest BCUT2D eigenvalue weighted by atomic mass is 10.0. The summed E-state index contributed by atoms with van der Waals surface area (Å²) in [4.78, 5) is 11.1. The Labute approximate surface area is 141 Å². The fourth-order valence-electron chi connectivity index (χ4n) is 1.74. The number of alkyl halides is 2. The Bertz CT molecular complexity index is 554. The second-order valence-electron chi connectivity index (χ2n) is 5.68. The zero-order chi connectivity index (χ0) is 17.8. The SMILES string of the molecule is CC(C)(C)[S+]([O-])NC(CC(=O)O)c1c(Cl)cccc1OC(F)F. The van der Waals surface area contributed by atoms with Gasteiger partial charge >= 0.3 is 12.6 Å². The first-order chi connectivity index (χ1) is 10.5. The molecular weight excluding hydrogens is 352 g/mol. The van der Waals surface area contributed by atoms with E-state index in [1.807, 2.05) is 0 Å². The first-order valence-electron chi connectivity index (χ1n) is 6.65. The number of carboxylic acid groups (broad SMARTS) is 1. The standard InChI is InChI=1S/C14H18ClF2NO4S/c1-14(2,3)23(21)18-9(7-11(19)20)12-8(15)5-4-6-10(12)22-13(16)17/h4-6,9,13,18H,7H2,1-3H3,(H,19,20).